The first kappa shape index (κ1) is 18.7. The molecule has 1 fully saturated rings. The van der Waals surface area contributed by atoms with E-state index in [0.29, 0.717) is 19.7 Å². The Morgan fingerprint density at radius 2 is 2.12 bits per heavy atom. The number of carbonyl (C=O) groups excluding carboxylic acids is 1. The Hall–Kier alpha value is -2.11. The number of rotatable bonds is 6. The van der Waals surface area contributed by atoms with E-state index in [4.69, 9.17) is 16.3 Å². The molecule has 0 saturated carbocycles. The van der Waals surface area contributed by atoms with E-state index >= 15 is 0 Å². The minimum atomic E-state index is -0.0198. The number of likely N-dealkylation sites (tertiary alicyclic amines) is 1. The molecule has 26 heavy (non-hydrogen) atoms. The van der Waals surface area contributed by atoms with Gasteiger partial charge in [-0.05, 0) is 48.6 Å². The molecule has 1 aliphatic heterocycles. The molecule has 6 heteroatoms. The number of carbonyl (C=O) groups is 1. The number of urea groups is 1. The Balaban J connectivity index is 1.40. The molecule has 1 atom stereocenters. The third-order valence-corrected chi connectivity index (χ3v) is 4.73. The minimum absolute atomic E-state index is 0.0198. The molecule has 2 heterocycles. The van der Waals surface area contributed by atoms with Crippen LogP contribution in [0.5, 0.6) is 0 Å². The molecule has 1 aromatic carbocycles. The second-order valence-corrected chi connectivity index (χ2v) is 6.93. The highest BCUT2D eigenvalue weighted by molar-refractivity contribution is 6.30. The molecule has 0 spiro atoms. The van der Waals surface area contributed by atoms with Crippen LogP contribution in [-0.4, -0.2) is 41.7 Å². The molecule has 3 rings (SSSR count). The number of hydrogen-bond donors (Lipinski definition) is 1. The van der Waals surface area contributed by atoms with Crippen molar-refractivity contribution in [1.29, 1.82) is 0 Å². The summed E-state index contributed by atoms with van der Waals surface area (Å²) in [6, 6.07) is 11.6. The van der Waals surface area contributed by atoms with Crippen LogP contribution >= 0.6 is 11.6 Å². The number of ether oxygens (including phenoxy) is 1. The lowest BCUT2D eigenvalue weighted by molar-refractivity contribution is -0.000401. The van der Waals surface area contributed by atoms with Gasteiger partial charge in [-0.15, -0.1) is 0 Å². The fraction of sp³-hybridized carbons (Fsp3) is 0.400. The number of nitrogens with zero attached hydrogens (tertiary/aromatic N) is 2. The van der Waals surface area contributed by atoms with E-state index in [1.54, 1.807) is 6.20 Å². The summed E-state index contributed by atoms with van der Waals surface area (Å²) in [6.07, 6.45) is 6.37. The highest BCUT2D eigenvalue weighted by Crippen LogP contribution is 2.15. The second kappa shape index (κ2) is 9.55. The number of amides is 2. The lowest BCUT2D eigenvalue weighted by Crippen LogP contribution is -2.48. The lowest BCUT2D eigenvalue weighted by atomic mass is 10.1. The Morgan fingerprint density at radius 3 is 2.88 bits per heavy atom. The molecule has 2 amide bonds. The molecule has 1 aromatic heterocycles. The maximum Gasteiger partial charge on any atom is 0.317 e. The molecule has 0 aliphatic carbocycles. The average Bonchev–Trinajstić information content (AvgIpc) is 2.69. The second-order valence-electron chi connectivity index (χ2n) is 6.49. The topological polar surface area (TPSA) is 54.5 Å². The van der Waals surface area contributed by atoms with Crippen molar-refractivity contribution >= 4 is 17.6 Å². The summed E-state index contributed by atoms with van der Waals surface area (Å²) in [5.41, 5.74) is 2.21. The van der Waals surface area contributed by atoms with Crippen LogP contribution < -0.4 is 5.32 Å². The molecule has 1 aliphatic rings. The Bertz CT molecular complexity index is 694. The van der Waals surface area contributed by atoms with E-state index in [-0.39, 0.29) is 12.1 Å². The molecule has 0 bridgehead atoms. The fourth-order valence-electron chi connectivity index (χ4n) is 3.03. The largest absolute Gasteiger partial charge is 0.372 e. The highest BCUT2D eigenvalue weighted by atomic mass is 35.5. The van der Waals surface area contributed by atoms with Crippen molar-refractivity contribution in [2.24, 2.45) is 0 Å². The smallest absolute Gasteiger partial charge is 0.317 e. The van der Waals surface area contributed by atoms with Crippen molar-refractivity contribution in [1.82, 2.24) is 15.2 Å². The number of nitrogens with one attached hydrogen (secondary N) is 1. The van der Waals surface area contributed by atoms with Gasteiger partial charge in [-0.25, -0.2) is 4.79 Å². The highest BCUT2D eigenvalue weighted by Gasteiger charge is 2.23. The molecule has 5 nitrogen and oxygen atoms in total. The number of pyridine rings is 1. The van der Waals surface area contributed by atoms with Gasteiger partial charge in [0.25, 0.3) is 0 Å². The third-order valence-electron chi connectivity index (χ3n) is 4.48. The maximum absolute atomic E-state index is 12.4. The van der Waals surface area contributed by atoms with Crippen LogP contribution in [0.15, 0.2) is 48.8 Å². The van der Waals surface area contributed by atoms with E-state index in [9.17, 15) is 4.79 Å². The van der Waals surface area contributed by atoms with E-state index in [1.807, 2.05) is 47.5 Å². The van der Waals surface area contributed by atoms with Gasteiger partial charge in [-0.1, -0.05) is 29.8 Å². The number of benzene rings is 1. The molecule has 1 saturated heterocycles. The van der Waals surface area contributed by atoms with Crippen molar-refractivity contribution in [3.8, 4) is 0 Å². The van der Waals surface area contributed by atoms with Crippen molar-refractivity contribution < 1.29 is 9.53 Å². The van der Waals surface area contributed by atoms with Gasteiger partial charge in [0.1, 0.15) is 0 Å². The Kier molecular flexibility index (Phi) is 6.86. The van der Waals surface area contributed by atoms with Crippen LogP contribution in [0.3, 0.4) is 0 Å². The zero-order chi connectivity index (χ0) is 18.2. The minimum Gasteiger partial charge on any atom is -0.372 e. The van der Waals surface area contributed by atoms with Gasteiger partial charge < -0.3 is 15.0 Å². The summed E-state index contributed by atoms with van der Waals surface area (Å²) in [5, 5.41) is 3.72. The normalized spacial score (nSPS) is 17.1. The van der Waals surface area contributed by atoms with Gasteiger partial charge in [0.2, 0.25) is 0 Å². The number of aromatic nitrogens is 1. The summed E-state index contributed by atoms with van der Waals surface area (Å²) in [7, 11) is 0. The zero-order valence-corrected chi connectivity index (χ0v) is 15.5. The van der Waals surface area contributed by atoms with Crippen LogP contribution in [0.4, 0.5) is 4.79 Å². The molecule has 0 radical (unpaired) electrons. The first-order chi connectivity index (χ1) is 12.7. The summed E-state index contributed by atoms with van der Waals surface area (Å²) in [5.74, 6) is 0. The predicted octanol–water partition coefficient (Wildman–Crippen LogP) is 3.67. The quantitative estimate of drug-likeness (QED) is 0.840. The summed E-state index contributed by atoms with van der Waals surface area (Å²) >= 11 is 5.88. The van der Waals surface area contributed by atoms with Crippen molar-refractivity contribution in [3.63, 3.8) is 0 Å². The molecule has 138 valence electrons. The van der Waals surface area contributed by atoms with Crippen LogP contribution in [0.2, 0.25) is 5.02 Å². The SMILES string of the molecule is O=C(NCCc1ccc(Cl)cc1)N1CCC[C@@H](OCc2cccnc2)C1. The molecular weight excluding hydrogens is 350 g/mol. The van der Waals surface area contributed by atoms with Crippen molar-refractivity contribution in [2.45, 2.75) is 32.0 Å². The average molecular weight is 374 g/mol. The summed E-state index contributed by atoms with van der Waals surface area (Å²) < 4.78 is 5.96. The molecule has 1 N–H and O–H groups in total. The summed E-state index contributed by atoms with van der Waals surface area (Å²) in [6.45, 7) is 2.55. The van der Waals surface area contributed by atoms with Gasteiger partial charge >= 0.3 is 6.03 Å². The molecule has 2 aromatic rings. The van der Waals surface area contributed by atoms with Crippen LogP contribution in [0.25, 0.3) is 0 Å². The maximum atomic E-state index is 12.4. The Labute approximate surface area is 159 Å². The van der Waals surface area contributed by atoms with E-state index in [2.05, 4.69) is 10.3 Å². The molecule has 0 unspecified atom stereocenters. The van der Waals surface area contributed by atoms with Crippen LogP contribution in [-0.2, 0) is 17.8 Å². The molecular formula is C20H24ClN3O2. The van der Waals surface area contributed by atoms with Crippen molar-refractivity contribution in [3.05, 3.63) is 64.9 Å². The van der Waals surface area contributed by atoms with Gasteiger partial charge in [-0.3, -0.25) is 4.98 Å². The fourth-order valence-corrected chi connectivity index (χ4v) is 3.16. The predicted molar refractivity (Wildman–Crippen MR) is 102 cm³/mol. The van der Waals surface area contributed by atoms with Gasteiger partial charge in [0.15, 0.2) is 0 Å². The van der Waals surface area contributed by atoms with E-state index in [0.717, 1.165) is 42.0 Å². The van der Waals surface area contributed by atoms with Crippen LogP contribution in [0, 0.1) is 0 Å². The monoisotopic (exact) mass is 373 g/mol. The summed E-state index contributed by atoms with van der Waals surface area (Å²) in [4.78, 5) is 18.3. The standard InChI is InChI=1S/C20H24ClN3O2/c21-18-7-5-16(6-8-18)9-11-23-20(25)24-12-2-4-19(14-24)26-15-17-3-1-10-22-13-17/h1,3,5-8,10,13,19H,2,4,9,11-12,14-15H2,(H,23,25)/t19-/m1/s1. The number of piperidine rings is 1. The van der Waals surface area contributed by atoms with Gasteiger partial charge in [0.05, 0.1) is 12.7 Å². The van der Waals surface area contributed by atoms with Gasteiger partial charge in [-0.2, -0.15) is 0 Å². The Morgan fingerprint density at radius 1 is 1.27 bits per heavy atom. The third kappa shape index (κ3) is 5.71. The number of halogens is 1. The van der Waals surface area contributed by atoms with Crippen molar-refractivity contribution in [2.75, 3.05) is 19.6 Å². The first-order valence-electron chi connectivity index (χ1n) is 8.98. The first-order valence-corrected chi connectivity index (χ1v) is 9.36. The lowest BCUT2D eigenvalue weighted by Gasteiger charge is -2.32. The zero-order valence-electron chi connectivity index (χ0n) is 14.7. The number of hydrogen-bond acceptors (Lipinski definition) is 3. The van der Waals surface area contributed by atoms with Crippen LogP contribution in [0.1, 0.15) is 24.0 Å². The van der Waals surface area contributed by atoms with E-state index < -0.39 is 0 Å². The van der Waals surface area contributed by atoms with E-state index in [1.165, 1.54) is 0 Å². The van der Waals surface area contributed by atoms with Gasteiger partial charge in [0, 0.05) is 37.1 Å².